The number of azo groups is 1. The van der Waals surface area contributed by atoms with Gasteiger partial charge in [-0.25, -0.2) is 0 Å². The first-order chi connectivity index (χ1) is 10.7. The number of rotatable bonds is 3. The van der Waals surface area contributed by atoms with Gasteiger partial charge in [0.2, 0.25) is 0 Å². The highest BCUT2D eigenvalue weighted by Gasteiger charge is 2.18. The lowest BCUT2D eigenvalue weighted by Gasteiger charge is -2.04. The number of aromatic hydroxyl groups is 1. The minimum atomic E-state index is -0.497. The highest BCUT2D eigenvalue weighted by atomic mass is 16.6. The van der Waals surface area contributed by atoms with Gasteiger partial charge in [0, 0.05) is 11.5 Å². The van der Waals surface area contributed by atoms with Crippen molar-refractivity contribution in [3.05, 3.63) is 70.8 Å². The zero-order valence-corrected chi connectivity index (χ0v) is 11.4. The van der Waals surface area contributed by atoms with Crippen LogP contribution in [0.1, 0.15) is 0 Å². The molecule has 0 spiro atoms. The second kappa shape index (κ2) is 5.61. The molecule has 108 valence electrons. The molecule has 0 unspecified atom stereocenters. The van der Waals surface area contributed by atoms with Crippen LogP contribution in [0.3, 0.4) is 0 Å². The molecule has 3 rings (SSSR count). The van der Waals surface area contributed by atoms with Crippen LogP contribution in [0.5, 0.6) is 5.75 Å². The van der Waals surface area contributed by atoms with Crippen LogP contribution in [0.25, 0.3) is 10.8 Å². The molecule has 0 saturated carbocycles. The predicted molar refractivity (Wildman–Crippen MR) is 82.9 cm³/mol. The second-order valence-electron chi connectivity index (χ2n) is 4.60. The Kier molecular flexibility index (Phi) is 3.49. The molecule has 3 aromatic rings. The Labute approximate surface area is 125 Å². The molecular formula is C16H11N3O3. The third-order valence-electron chi connectivity index (χ3n) is 3.20. The number of hydrogen-bond donors (Lipinski definition) is 1. The van der Waals surface area contributed by atoms with Crippen molar-refractivity contribution in [2.24, 2.45) is 10.2 Å². The lowest BCUT2D eigenvalue weighted by molar-refractivity contribution is -0.383. The Hall–Kier alpha value is -3.28. The van der Waals surface area contributed by atoms with E-state index in [4.69, 9.17) is 0 Å². The van der Waals surface area contributed by atoms with Gasteiger partial charge in [0.05, 0.1) is 16.0 Å². The highest BCUT2D eigenvalue weighted by molar-refractivity contribution is 5.99. The fourth-order valence-electron chi connectivity index (χ4n) is 2.16. The molecule has 0 aliphatic carbocycles. The molecule has 6 heteroatoms. The van der Waals surface area contributed by atoms with Crippen molar-refractivity contribution in [1.29, 1.82) is 0 Å². The summed E-state index contributed by atoms with van der Waals surface area (Å²) in [7, 11) is 0. The summed E-state index contributed by atoms with van der Waals surface area (Å²) < 4.78 is 0. The van der Waals surface area contributed by atoms with Crippen LogP contribution >= 0.6 is 0 Å². The second-order valence-corrected chi connectivity index (χ2v) is 4.60. The summed E-state index contributed by atoms with van der Waals surface area (Å²) in [5, 5.41) is 30.1. The van der Waals surface area contributed by atoms with E-state index in [9.17, 15) is 15.2 Å². The molecule has 0 atom stereocenters. The van der Waals surface area contributed by atoms with Crippen molar-refractivity contribution in [2.45, 2.75) is 0 Å². The van der Waals surface area contributed by atoms with E-state index in [0.717, 1.165) is 0 Å². The van der Waals surface area contributed by atoms with Gasteiger partial charge in [-0.15, -0.1) is 5.11 Å². The van der Waals surface area contributed by atoms with Gasteiger partial charge in [0.1, 0.15) is 5.69 Å². The summed E-state index contributed by atoms with van der Waals surface area (Å²) in [6, 6.07) is 16.7. The Morgan fingerprint density at radius 1 is 0.909 bits per heavy atom. The summed E-state index contributed by atoms with van der Waals surface area (Å²) in [6.45, 7) is 0. The van der Waals surface area contributed by atoms with E-state index in [-0.39, 0.29) is 17.1 Å². The standard InChI is InChI=1S/C16H11N3O3/c20-16-13-9-5-4-8-12(13)15(19(21)22)10-14(16)18-17-11-6-2-1-3-7-11/h1-10,20H. The van der Waals surface area contributed by atoms with E-state index in [1.165, 1.54) is 6.07 Å². The smallest absolute Gasteiger partial charge is 0.279 e. The van der Waals surface area contributed by atoms with Gasteiger partial charge in [0.15, 0.2) is 5.75 Å². The van der Waals surface area contributed by atoms with Gasteiger partial charge in [0.25, 0.3) is 5.69 Å². The van der Waals surface area contributed by atoms with E-state index in [2.05, 4.69) is 10.2 Å². The summed E-state index contributed by atoms with van der Waals surface area (Å²) in [5.41, 5.74) is 0.544. The topological polar surface area (TPSA) is 88.1 Å². The van der Waals surface area contributed by atoms with Crippen LogP contribution in [0.2, 0.25) is 0 Å². The Bertz CT molecular complexity index is 876. The molecule has 6 nitrogen and oxygen atoms in total. The molecule has 0 aromatic heterocycles. The van der Waals surface area contributed by atoms with Crippen LogP contribution in [0, 0.1) is 10.1 Å². The molecule has 0 fully saturated rings. The lowest BCUT2D eigenvalue weighted by atomic mass is 10.1. The summed E-state index contributed by atoms with van der Waals surface area (Å²) in [6.07, 6.45) is 0. The first-order valence-corrected chi connectivity index (χ1v) is 6.52. The maximum Gasteiger partial charge on any atom is 0.279 e. The maximum atomic E-state index is 11.2. The summed E-state index contributed by atoms with van der Waals surface area (Å²) in [5.74, 6) is -0.124. The Morgan fingerprint density at radius 2 is 1.55 bits per heavy atom. The number of benzene rings is 3. The molecule has 1 N–H and O–H groups in total. The van der Waals surface area contributed by atoms with E-state index >= 15 is 0 Å². The van der Waals surface area contributed by atoms with Crippen molar-refractivity contribution < 1.29 is 10.0 Å². The van der Waals surface area contributed by atoms with Crippen molar-refractivity contribution in [3.63, 3.8) is 0 Å². The Balaban J connectivity index is 2.16. The molecule has 0 amide bonds. The van der Waals surface area contributed by atoms with Crippen LogP contribution in [-0.2, 0) is 0 Å². The molecular weight excluding hydrogens is 282 g/mol. The first kappa shape index (κ1) is 13.7. The number of fused-ring (bicyclic) bond motifs is 1. The highest BCUT2D eigenvalue weighted by Crippen LogP contribution is 2.40. The van der Waals surface area contributed by atoms with E-state index in [1.54, 1.807) is 48.5 Å². The zero-order chi connectivity index (χ0) is 15.5. The molecule has 0 heterocycles. The number of phenolic OH excluding ortho intramolecular Hbond substituents is 1. The monoisotopic (exact) mass is 293 g/mol. The zero-order valence-electron chi connectivity index (χ0n) is 11.4. The average molecular weight is 293 g/mol. The number of hydrogen-bond acceptors (Lipinski definition) is 5. The van der Waals surface area contributed by atoms with Gasteiger partial charge in [-0.3, -0.25) is 10.1 Å². The molecule has 0 saturated heterocycles. The predicted octanol–water partition coefficient (Wildman–Crippen LogP) is 4.87. The van der Waals surface area contributed by atoms with Gasteiger partial charge < -0.3 is 5.11 Å². The SMILES string of the molecule is O=[N+]([O-])c1cc(N=Nc2ccccc2)c(O)c2ccccc12. The average Bonchev–Trinajstić information content (AvgIpc) is 2.55. The van der Waals surface area contributed by atoms with Crippen molar-refractivity contribution in [1.82, 2.24) is 0 Å². The van der Waals surface area contributed by atoms with Crippen LogP contribution in [0.4, 0.5) is 17.1 Å². The normalized spacial score (nSPS) is 11.1. The minimum Gasteiger partial charge on any atom is -0.505 e. The van der Waals surface area contributed by atoms with Crippen LogP contribution < -0.4 is 0 Å². The number of phenols is 1. The third-order valence-corrected chi connectivity index (χ3v) is 3.20. The molecule has 3 aromatic carbocycles. The molecule has 22 heavy (non-hydrogen) atoms. The summed E-state index contributed by atoms with van der Waals surface area (Å²) >= 11 is 0. The minimum absolute atomic E-state index is 0.0641. The number of non-ortho nitro benzene ring substituents is 1. The first-order valence-electron chi connectivity index (χ1n) is 6.52. The summed E-state index contributed by atoms with van der Waals surface area (Å²) in [4.78, 5) is 10.7. The third kappa shape index (κ3) is 2.49. The van der Waals surface area contributed by atoms with E-state index in [1.807, 2.05) is 6.07 Å². The van der Waals surface area contributed by atoms with Gasteiger partial charge in [-0.05, 0) is 18.2 Å². The van der Waals surface area contributed by atoms with Crippen LogP contribution in [0.15, 0.2) is 70.9 Å². The molecule has 0 aliphatic heterocycles. The number of nitro benzene ring substituents is 1. The van der Waals surface area contributed by atoms with E-state index < -0.39 is 4.92 Å². The lowest BCUT2D eigenvalue weighted by Crippen LogP contribution is -1.89. The molecule has 0 radical (unpaired) electrons. The number of nitrogens with zero attached hydrogens (tertiary/aromatic N) is 3. The van der Waals surface area contributed by atoms with Crippen molar-refractivity contribution >= 4 is 27.8 Å². The fraction of sp³-hybridized carbons (Fsp3) is 0. The quantitative estimate of drug-likeness (QED) is 0.424. The van der Waals surface area contributed by atoms with Gasteiger partial charge in [-0.2, -0.15) is 5.11 Å². The van der Waals surface area contributed by atoms with Crippen molar-refractivity contribution in [2.75, 3.05) is 0 Å². The van der Waals surface area contributed by atoms with Crippen molar-refractivity contribution in [3.8, 4) is 5.75 Å². The van der Waals surface area contributed by atoms with Gasteiger partial charge in [-0.1, -0.05) is 36.4 Å². The Morgan fingerprint density at radius 3 is 2.23 bits per heavy atom. The van der Waals surface area contributed by atoms with Crippen LogP contribution in [-0.4, -0.2) is 10.0 Å². The fourth-order valence-corrected chi connectivity index (χ4v) is 2.16. The largest absolute Gasteiger partial charge is 0.505 e. The maximum absolute atomic E-state index is 11.2. The molecule has 0 aliphatic rings. The van der Waals surface area contributed by atoms with Gasteiger partial charge >= 0.3 is 0 Å². The molecule has 0 bridgehead atoms. The number of nitro groups is 1. The van der Waals surface area contributed by atoms with E-state index in [0.29, 0.717) is 16.5 Å².